The molecular formula is C12H14N2O2S. The molecule has 0 aliphatic carbocycles. The summed E-state index contributed by atoms with van der Waals surface area (Å²) >= 11 is 1.64. The lowest BCUT2D eigenvalue weighted by Crippen LogP contribution is -2.26. The molecule has 0 saturated heterocycles. The van der Waals surface area contributed by atoms with E-state index in [0.717, 1.165) is 15.2 Å². The van der Waals surface area contributed by atoms with Crippen molar-refractivity contribution in [1.29, 1.82) is 0 Å². The summed E-state index contributed by atoms with van der Waals surface area (Å²) in [6, 6.07) is 8.05. The maximum absolute atomic E-state index is 11.0. The van der Waals surface area contributed by atoms with Gasteiger partial charge in [0, 0.05) is 0 Å². The average Bonchev–Trinajstić information content (AvgIpc) is 2.79. The van der Waals surface area contributed by atoms with Crippen LogP contribution in [0.15, 0.2) is 24.3 Å². The van der Waals surface area contributed by atoms with Crippen molar-refractivity contribution in [3.8, 4) is 0 Å². The standard InChI is InChI=1S/C12H14N2O2S/c1-8(13-7-11(15)16-2)12-14-9-5-3-4-6-10(9)17-12/h3-6,8,13H,7H2,1-2H3. The molecule has 17 heavy (non-hydrogen) atoms. The number of hydrogen-bond acceptors (Lipinski definition) is 5. The second-order valence-corrected chi connectivity index (χ2v) is 4.76. The Labute approximate surface area is 104 Å². The van der Waals surface area contributed by atoms with E-state index in [2.05, 4.69) is 15.0 Å². The van der Waals surface area contributed by atoms with Crippen LogP contribution in [0.4, 0.5) is 0 Å². The third kappa shape index (κ3) is 2.81. The molecule has 1 aromatic heterocycles. The van der Waals surface area contributed by atoms with Crippen LogP contribution in [0.1, 0.15) is 18.0 Å². The monoisotopic (exact) mass is 250 g/mol. The van der Waals surface area contributed by atoms with Gasteiger partial charge in [-0.05, 0) is 19.1 Å². The van der Waals surface area contributed by atoms with Crippen LogP contribution in [0.3, 0.4) is 0 Å². The van der Waals surface area contributed by atoms with Crippen molar-refractivity contribution in [1.82, 2.24) is 10.3 Å². The number of nitrogens with zero attached hydrogens (tertiary/aromatic N) is 1. The summed E-state index contributed by atoms with van der Waals surface area (Å²) in [5.74, 6) is -0.266. The quantitative estimate of drug-likeness (QED) is 0.844. The summed E-state index contributed by atoms with van der Waals surface area (Å²) in [5, 5.41) is 4.07. The highest BCUT2D eigenvalue weighted by Gasteiger charge is 2.12. The van der Waals surface area contributed by atoms with E-state index in [1.54, 1.807) is 11.3 Å². The zero-order valence-electron chi connectivity index (χ0n) is 9.77. The maximum Gasteiger partial charge on any atom is 0.319 e. The Balaban J connectivity index is 2.08. The Bertz CT molecular complexity index is 491. The summed E-state index contributed by atoms with van der Waals surface area (Å²) in [4.78, 5) is 15.5. The fourth-order valence-corrected chi connectivity index (χ4v) is 2.47. The fraction of sp³-hybridized carbons (Fsp3) is 0.333. The van der Waals surface area contributed by atoms with E-state index >= 15 is 0 Å². The molecule has 0 fully saturated rings. The summed E-state index contributed by atoms with van der Waals surface area (Å²) in [6.45, 7) is 2.19. The van der Waals surface area contributed by atoms with Crippen LogP contribution in [-0.4, -0.2) is 24.6 Å². The molecule has 4 nitrogen and oxygen atoms in total. The van der Waals surface area contributed by atoms with E-state index < -0.39 is 0 Å². The van der Waals surface area contributed by atoms with Gasteiger partial charge >= 0.3 is 5.97 Å². The molecule has 0 aliphatic rings. The van der Waals surface area contributed by atoms with Gasteiger partial charge < -0.3 is 4.74 Å². The predicted octanol–water partition coefficient (Wildman–Crippen LogP) is 2.12. The molecule has 1 aromatic carbocycles. The third-order valence-electron chi connectivity index (χ3n) is 2.46. The van der Waals surface area contributed by atoms with Crippen molar-refractivity contribution in [2.24, 2.45) is 0 Å². The van der Waals surface area contributed by atoms with E-state index in [0.29, 0.717) is 0 Å². The number of aromatic nitrogens is 1. The number of carbonyl (C=O) groups is 1. The molecule has 0 spiro atoms. The molecule has 90 valence electrons. The first-order chi connectivity index (χ1) is 8.20. The minimum absolute atomic E-state index is 0.0477. The third-order valence-corrected chi connectivity index (χ3v) is 3.68. The number of nitrogens with one attached hydrogen (secondary N) is 1. The van der Waals surface area contributed by atoms with Crippen LogP contribution in [0.25, 0.3) is 10.2 Å². The molecule has 1 unspecified atom stereocenters. The number of ether oxygens (including phenoxy) is 1. The second kappa shape index (κ2) is 5.25. The van der Waals surface area contributed by atoms with Gasteiger partial charge in [0.05, 0.1) is 29.9 Å². The number of para-hydroxylation sites is 1. The topological polar surface area (TPSA) is 51.2 Å². The Hall–Kier alpha value is -1.46. The normalized spacial score (nSPS) is 12.6. The number of fused-ring (bicyclic) bond motifs is 1. The summed E-state index contributed by atoms with van der Waals surface area (Å²) < 4.78 is 5.74. The van der Waals surface area contributed by atoms with Crippen molar-refractivity contribution in [2.45, 2.75) is 13.0 Å². The van der Waals surface area contributed by atoms with Crippen molar-refractivity contribution < 1.29 is 9.53 Å². The molecule has 2 aromatic rings. The van der Waals surface area contributed by atoms with Gasteiger partial charge in [-0.15, -0.1) is 11.3 Å². The Morgan fingerprint density at radius 1 is 1.53 bits per heavy atom. The molecule has 1 heterocycles. The number of esters is 1. The molecule has 0 bridgehead atoms. The van der Waals surface area contributed by atoms with Crippen LogP contribution >= 0.6 is 11.3 Å². The minimum atomic E-state index is -0.266. The van der Waals surface area contributed by atoms with Crippen LogP contribution in [0, 0.1) is 0 Å². The van der Waals surface area contributed by atoms with E-state index in [1.165, 1.54) is 7.11 Å². The summed E-state index contributed by atoms with van der Waals surface area (Å²) in [7, 11) is 1.38. The molecule has 0 saturated carbocycles. The first-order valence-corrected chi connectivity index (χ1v) is 6.18. The number of rotatable bonds is 4. The Morgan fingerprint density at radius 2 is 2.29 bits per heavy atom. The van der Waals surface area contributed by atoms with Gasteiger partial charge in [-0.1, -0.05) is 12.1 Å². The number of hydrogen-bond donors (Lipinski definition) is 1. The van der Waals surface area contributed by atoms with E-state index in [9.17, 15) is 4.79 Å². The number of thiazole rings is 1. The van der Waals surface area contributed by atoms with E-state index in [1.807, 2.05) is 31.2 Å². The van der Waals surface area contributed by atoms with Crippen molar-refractivity contribution >= 4 is 27.5 Å². The van der Waals surface area contributed by atoms with Gasteiger partial charge in [0.1, 0.15) is 5.01 Å². The smallest absolute Gasteiger partial charge is 0.319 e. The molecule has 2 rings (SSSR count). The van der Waals surface area contributed by atoms with Gasteiger partial charge in [-0.3, -0.25) is 10.1 Å². The maximum atomic E-state index is 11.0. The van der Waals surface area contributed by atoms with Gasteiger partial charge in [-0.2, -0.15) is 0 Å². The van der Waals surface area contributed by atoms with E-state index in [4.69, 9.17) is 0 Å². The van der Waals surface area contributed by atoms with Crippen LogP contribution in [0.5, 0.6) is 0 Å². The lowest BCUT2D eigenvalue weighted by Gasteiger charge is -2.09. The summed E-state index contributed by atoms with van der Waals surface area (Å²) in [5.41, 5.74) is 0.999. The van der Waals surface area contributed by atoms with Crippen molar-refractivity contribution in [2.75, 3.05) is 13.7 Å². The van der Waals surface area contributed by atoms with Crippen LogP contribution < -0.4 is 5.32 Å². The van der Waals surface area contributed by atoms with Crippen LogP contribution in [-0.2, 0) is 9.53 Å². The lowest BCUT2D eigenvalue weighted by molar-refractivity contribution is -0.139. The fourth-order valence-electron chi connectivity index (χ4n) is 1.47. The molecule has 1 atom stereocenters. The van der Waals surface area contributed by atoms with Gasteiger partial charge in [0.25, 0.3) is 0 Å². The molecule has 0 amide bonds. The zero-order valence-corrected chi connectivity index (χ0v) is 10.6. The zero-order chi connectivity index (χ0) is 12.3. The molecule has 5 heteroatoms. The lowest BCUT2D eigenvalue weighted by atomic mass is 10.3. The van der Waals surface area contributed by atoms with Crippen molar-refractivity contribution in [3.63, 3.8) is 0 Å². The number of benzene rings is 1. The Kier molecular flexibility index (Phi) is 3.71. The SMILES string of the molecule is COC(=O)CNC(C)c1nc2ccccc2s1. The molecule has 0 aliphatic heterocycles. The van der Waals surface area contributed by atoms with Gasteiger partial charge in [0.2, 0.25) is 0 Å². The molecule has 0 radical (unpaired) electrons. The van der Waals surface area contributed by atoms with Crippen LogP contribution in [0.2, 0.25) is 0 Å². The molecular weight excluding hydrogens is 236 g/mol. The highest BCUT2D eigenvalue weighted by atomic mass is 32.1. The first-order valence-electron chi connectivity index (χ1n) is 5.36. The Morgan fingerprint density at radius 3 is 3.00 bits per heavy atom. The first kappa shape index (κ1) is 12.0. The minimum Gasteiger partial charge on any atom is -0.468 e. The average molecular weight is 250 g/mol. The largest absolute Gasteiger partial charge is 0.468 e. The van der Waals surface area contributed by atoms with Crippen molar-refractivity contribution in [3.05, 3.63) is 29.3 Å². The second-order valence-electron chi connectivity index (χ2n) is 3.70. The highest BCUT2D eigenvalue weighted by Crippen LogP contribution is 2.25. The number of methoxy groups -OCH3 is 1. The van der Waals surface area contributed by atoms with E-state index in [-0.39, 0.29) is 18.6 Å². The predicted molar refractivity (Wildman–Crippen MR) is 68.1 cm³/mol. The van der Waals surface area contributed by atoms with Gasteiger partial charge in [0.15, 0.2) is 0 Å². The highest BCUT2D eigenvalue weighted by molar-refractivity contribution is 7.18. The molecule has 1 N–H and O–H groups in total. The summed E-state index contributed by atoms with van der Waals surface area (Å²) in [6.07, 6.45) is 0. The number of carbonyl (C=O) groups excluding carboxylic acids is 1. The van der Waals surface area contributed by atoms with Gasteiger partial charge in [-0.25, -0.2) is 4.98 Å².